The molecule has 1 atom stereocenters. The van der Waals surface area contributed by atoms with E-state index in [-0.39, 0.29) is 11.3 Å². The van der Waals surface area contributed by atoms with Crippen LogP contribution in [-0.4, -0.2) is 23.6 Å². The van der Waals surface area contributed by atoms with Gasteiger partial charge in [0.25, 0.3) is 0 Å². The van der Waals surface area contributed by atoms with Crippen molar-refractivity contribution in [2.45, 2.75) is 5.37 Å². The molecule has 1 fully saturated rings. The zero-order valence-corrected chi connectivity index (χ0v) is 8.25. The van der Waals surface area contributed by atoms with E-state index in [0.29, 0.717) is 5.75 Å². The molecule has 3 heteroatoms. The molecule has 2 nitrogen and oxygen atoms in total. The Balaban J connectivity index is 2.24. The maximum Gasteiger partial charge on any atom is 0.233 e. The fraction of sp³-hybridized carbons (Fsp3) is 0.300. The molecule has 0 saturated carbocycles. The number of benzene rings is 1. The van der Waals surface area contributed by atoms with Gasteiger partial charge >= 0.3 is 0 Å². The lowest BCUT2D eigenvalue weighted by atomic mass is 10.2. The lowest BCUT2D eigenvalue weighted by Gasteiger charge is -2.18. The molecule has 1 aromatic carbocycles. The van der Waals surface area contributed by atoms with Gasteiger partial charge in [0.15, 0.2) is 0 Å². The quantitative estimate of drug-likeness (QED) is 0.679. The highest BCUT2D eigenvalue weighted by Crippen LogP contribution is 2.36. The summed E-state index contributed by atoms with van der Waals surface area (Å²) in [5.41, 5.74) is 1.21. The van der Waals surface area contributed by atoms with E-state index in [0.717, 1.165) is 0 Å². The molecule has 1 aliphatic rings. The number of hydrogen-bond donors (Lipinski definition) is 0. The van der Waals surface area contributed by atoms with Crippen molar-refractivity contribution in [3.8, 4) is 0 Å². The number of amides is 1. The second-order valence-electron chi connectivity index (χ2n) is 3.08. The molecule has 1 aliphatic heterocycles. The number of carbonyl (C=O) groups is 1. The van der Waals surface area contributed by atoms with Crippen LogP contribution in [0.2, 0.25) is 0 Å². The van der Waals surface area contributed by atoms with Crippen molar-refractivity contribution in [3.63, 3.8) is 0 Å². The van der Waals surface area contributed by atoms with Gasteiger partial charge in [0, 0.05) is 7.05 Å². The van der Waals surface area contributed by atoms with E-state index in [4.69, 9.17) is 0 Å². The molecule has 68 valence electrons. The zero-order chi connectivity index (χ0) is 9.26. The van der Waals surface area contributed by atoms with Gasteiger partial charge in [0.05, 0.1) is 5.75 Å². The molecule has 1 unspecified atom stereocenters. The van der Waals surface area contributed by atoms with E-state index in [9.17, 15) is 4.79 Å². The average molecular weight is 193 g/mol. The SMILES string of the molecule is CN1C(=O)CSC1c1ccccc1. The molecule has 2 rings (SSSR count). The first-order valence-corrected chi connectivity index (χ1v) is 5.26. The largest absolute Gasteiger partial charge is 0.329 e. The zero-order valence-electron chi connectivity index (χ0n) is 7.43. The standard InChI is InChI=1S/C10H11NOS/c1-11-9(12)7-13-10(11)8-5-3-2-4-6-8/h2-6,10H,7H2,1H3. The van der Waals surface area contributed by atoms with Crippen LogP contribution >= 0.6 is 11.8 Å². The van der Waals surface area contributed by atoms with Crippen LogP contribution in [0.25, 0.3) is 0 Å². The molecule has 0 aromatic heterocycles. The lowest BCUT2D eigenvalue weighted by molar-refractivity contribution is -0.126. The maximum atomic E-state index is 11.3. The van der Waals surface area contributed by atoms with Crippen molar-refractivity contribution >= 4 is 17.7 Å². The number of thioether (sulfide) groups is 1. The normalized spacial score (nSPS) is 22.4. The molecule has 1 saturated heterocycles. The molecule has 0 spiro atoms. The Morgan fingerprint density at radius 3 is 2.62 bits per heavy atom. The van der Waals surface area contributed by atoms with Gasteiger partial charge < -0.3 is 4.90 Å². The highest BCUT2D eigenvalue weighted by atomic mass is 32.2. The number of carbonyl (C=O) groups excluding carboxylic acids is 1. The Morgan fingerprint density at radius 2 is 2.08 bits per heavy atom. The van der Waals surface area contributed by atoms with E-state index in [2.05, 4.69) is 12.1 Å². The summed E-state index contributed by atoms with van der Waals surface area (Å²) in [7, 11) is 1.86. The number of rotatable bonds is 1. The maximum absolute atomic E-state index is 11.3. The van der Waals surface area contributed by atoms with E-state index in [1.165, 1.54) is 5.56 Å². The van der Waals surface area contributed by atoms with Gasteiger partial charge in [-0.2, -0.15) is 0 Å². The van der Waals surface area contributed by atoms with Crippen LogP contribution in [0.5, 0.6) is 0 Å². The highest BCUT2D eigenvalue weighted by Gasteiger charge is 2.28. The fourth-order valence-electron chi connectivity index (χ4n) is 1.43. The van der Waals surface area contributed by atoms with Gasteiger partial charge in [-0.15, -0.1) is 11.8 Å². The smallest absolute Gasteiger partial charge is 0.233 e. The van der Waals surface area contributed by atoms with E-state index in [1.54, 1.807) is 16.7 Å². The van der Waals surface area contributed by atoms with E-state index in [1.807, 2.05) is 25.2 Å². The summed E-state index contributed by atoms with van der Waals surface area (Å²) in [6.45, 7) is 0. The van der Waals surface area contributed by atoms with Gasteiger partial charge in [-0.05, 0) is 5.56 Å². The summed E-state index contributed by atoms with van der Waals surface area (Å²) in [6, 6.07) is 10.1. The van der Waals surface area contributed by atoms with Crippen LogP contribution < -0.4 is 0 Å². The van der Waals surface area contributed by atoms with E-state index < -0.39 is 0 Å². The summed E-state index contributed by atoms with van der Waals surface area (Å²) in [4.78, 5) is 13.1. The van der Waals surface area contributed by atoms with Crippen molar-refractivity contribution in [2.75, 3.05) is 12.8 Å². The summed E-state index contributed by atoms with van der Waals surface area (Å²) in [6.07, 6.45) is 0. The van der Waals surface area contributed by atoms with Gasteiger partial charge in [-0.3, -0.25) is 4.79 Å². The Hall–Kier alpha value is -0.960. The lowest BCUT2D eigenvalue weighted by Crippen LogP contribution is -2.22. The third kappa shape index (κ3) is 1.56. The number of hydrogen-bond acceptors (Lipinski definition) is 2. The van der Waals surface area contributed by atoms with Crippen molar-refractivity contribution in [1.82, 2.24) is 4.90 Å². The monoisotopic (exact) mass is 193 g/mol. The minimum Gasteiger partial charge on any atom is -0.329 e. The topological polar surface area (TPSA) is 20.3 Å². The van der Waals surface area contributed by atoms with Crippen molar-refractivity contribution in [2.24, 2.45) is 0 Å². The first kappa shape index (κ1) is 8.63. The summed E-state index contributed by atoms with van der Waals surface area (Å²) in [5.74, 6) is 0.828. The van der Waals surface area contributed by atoms with E-state index >= 15 is 0 Å². The molecule has 13 heavy (non-hydrogen) atoms. The van der Waals surface area contributed by atoms with Gasteiger partial charge in [0.1, 0.15) is 5.37 Å². The fourth-order valence-corrected chi connectivity index (χ4v) is 2.63. The van der Waals surface area contributed by atoms with Crippen LogP contribution in [0.3, 0.4) is 0 Å². The molecule has 0 aliphatic carbocycles. The summed E-state index contributed by atoms with van der Waals surface area (Å²) in [5, 5.41) is 0.216. The molecule has 1 aromatic rings. The van der Waals surface area contributed by atoms with Gasteiger partial charge in [-0.1, -0.05) is 30.3 Å². The minimum absolute atomic E-state index is 0.216. The third-order valence-corrected chi connectivity index (χ3v) is 3.51. The van der Waals surface area contributed by atoms with Crippen molar-refractivity contribution < 1.29 is 4.79 Å². The Bertz CT molecular complexity index is 312. The summed E-state index contributed by atoms with van der Waals surface area (Å²) >= 11 is 1.69. The van der Waals surface area contributed by atoms with Crippen LogP contribution in [-0.2, 0) is 4.79 Å². The number of nitrogens with zero attached hydrogens (tertiary/aromatic N) is 1. The van der Waals surface area contributed by atoms with Gasteiger partial charge in [-0.25, -0.2) is 0 Å². The molecular weight excluding hydrogens is 182 g/mol. The molecule has 1 amide bonds. The summed E-state index contributed by atoms with van der Waals surface area (Å²) < 4.78 is 0. The van der Waals surface area contributed by atoms with Crippen LogP contribution in [0.15, 0.2) is 30.3 Å². The second-order valence-corrected chi connectivity index (χ2v) is 4.15. The first-order chi connectivity index (χ1) is 6.29. The molecular formula is C10H11NOS. The Morgan fingerprint density at radius 1 is 1.38 bits per heavy atom. The van der Waals surface area contributed by atoms with Crippen molar-refractivity contribution in [3.05, 3.63) is 35.9 Å². The van der Waals surface area contributed by atoms with Crippen LogP contribution in [0.4, 0.5) is 0 Å². The predicted octanol–water partition coefficient (Wildman–Crippen LogP) is 1.89. The molecule has 0 bridgehead atoms. The van der Waals surface area contributed by atoms with Crippen molar-refractivity contribution in [1.29, 1.82) is 0 Å². The first-order valence-electron chi connectivity index (χ1n) is 4.21. The average Bonchev–Trinajstić information content (AvgIpc) is 2.49. The Kier molecular flexibility index (Phi) is 2.27. The molecule has 1 heterocycles. The molecule has 0 radical (unpaired) electrons. The van der Waals surface area contributed by atoms with Gasteiger partial charge in [0.2, 0.25) is 5.91 Å². The van der Waals surface area contributed by atoms with Crippen LogP contribution in [0, 0.1) is 0 Å². The Labute approximate surface area is 81.9 Å². The second kappa shape index (κ2) is 3.42. The molecule has 0 N–H and O–H groups in total. The predicted molar refractivity (Wildman–Crippen MR) is 54.4 cm³/mol. The van der Waals surface area contributed by atoms with Crippen LogP contribution in [0.1, 0.15) is 10.9 Å². The third-order valence-electron chi connectivity index (χ3n) is 2.19. The highest BCUT2D eigenvalue weighted by molar-refractivity contribution is 8.00. The minimum atomic E-state index is 0.216.